The van der Waals surface area contributed by atoms with E-state index in [0.717, 1.165) is 10.2 Å². The van der Waals surface area contributed by atoms with E-state index < -0.39 is 0 Å². The van der Waals surface area contributed by atoms with Gasteiger partial charge < -0.3 is 10.2 Å². The van der Waals surface area contributed by atoms with Crippen LogP contribution < -0.4 is 10.9 Å². The SMILES string of the molecule is Cl.O=C(Cn1nnc2ccccc2c1=O)N1CCNCC1c1cccc(Cl)c1. The Bertz CT molecular complexity index is 1060. The van der Waals surface area contributed by atoms with Crippen LogP contribution in [0.2, 0.25) is 5.02 Å². The first-order chi connectivity index (χ1) is 13.1. The minimum atomic E-state index is -0.316. The summed E-state index contributed by atoms with van der Waals surface area (Å²) >= 11 is 6.11. The van der Waals surface area contributed by atoms with Gasteiger partial charge in [-0.1, -0.05) is 41.1 Å². The molecule has 1 aromatic heterocycles. The van der Waals surface area contributed by atoms with E-state index >= 15 is 0 Å². The number of aromatic nitrogens is 3. The summed E-state index contributed by atoms with van der Waals surface area (Å²) in [5, 5.41) is 12.3. The molecule has 1 N–H and O–H groups in total. The second kappa shape index (κ2) is 8.68. The number of halogens is 2. The van der Waals surface area contributed by atoms with Gasteiger partial charge in [-0.15, -0.1) is 17.5 Å². The number of rotatable bonds is 3. The van der Waals surface area contributed by atoms with Crippen molar-refractivity contribution in [2.24, 2.45) is 0 Å². The van der Waals surface area contributed by atoms with Crippen molar-refractivity contribution in [3.05, 3.63) is 69.5 Å². The molecule has 1 amide bonds. The monoisotopic (exact) mass is 419 g/mol. The summed E-state index contributed by atoms with van der Waals surface area (Å²) in [5.74, 6) is -0.173. The zero-order chi connectivity index (χ0) is 18.8. The normalized spacial score (nSPS) is 16.6. The molecule has 7 nitrogen and oxygen atoms in total. The van der Waals surface area contributed by atoms with Gasteiger partial charge in [-0.05, 0) is 29.8 Å². The molecule has 3 aromatic rings. The molecule has 1 aliphatic rings. The van der Waals surface area contributed by atoms with E-state index in [0.29, 0.717) is 35.6 Å². The third-order valence-electron chi connectivity index (χ3n) is 4.71. The minimum absolute atomic E-state index is 0. The number of fused-ring (bicyclic) bond motifs is 1. The van der Waals surface area contributed by atoms with Crippen molar-refractivity contribution < 1.29 is 4.79 Å². The quantitative estimate of drug-likeness (QED) is 0.702. The third-order valence-corrected chi connectivity index (χ3v) is 4.95. The average Bonchev–Trinajstić information content (AvgIpc) is 2.70. The molecule has 0 bridgehead atoms. The van der Waals surface area contributed by atoms with Gasteiger partial charge in [0.2, 0.25) is 5.91 Å². The maximum absolute atomic E-state index is 13.0. The Morgan fingerprint density at radius 1 is 1.21 bits per heavy atom. The van der Waals surface area contributed by atoms with Crippen LogP contribution in [0.15, 0.2) is 53.3 Å². The summed E-state index contributed by atoms with van der Waals surface area (Å²) in [6.07, 6.45) is 0. The highest BCUT2D eigenvalue weighted by Gasteiger charge is 2.28. The molecule has 2 heterocycles. The van der Waals surface area contributed by atoms with Gasteiger partial charge in [-0.2, -0.15) is 0 Å². The number of nitrogens with one attached hydrogen (secondary N) is 1. The smallest absolute Gasteiger partial charge is 0.278 e. The van der Waals surface area contributed by atoms with Gasteiger partial charge >= 0.3 is 0 Å². The van der Waals surface area contributed by atoms with E-state index in [4.69, 9.17) is 11.6 Å². The van der Waals surface area contributed by atoms with Crippen LogP contribution in [-0.4, -0.2) is 45.4 Å². The van der Waals surface area contributed by atoms with E-state index in [1.54, 1.807) is 35.2 Å². The van der Waals surface area contributed by atoms with Gasteiger partial charge in [-0.25, -0.2) is 4.68 Å². The lowest BCUT2D eigenvalue weighted by atomic mass is 10.0. The zero-order valence-electron chi connectivity index (χ0n) is 14.9. The van der Waals surface area contributed by atoms with Crippen molar-refractivity contribution in [2.45, 2.75) is 12.6 Å². The molecule has 0 aliphatic carbocycles. The van der Waals surface area contributed by atoms with Crippen LogP contribution in [0.5, 0.6) is 0 Å². The number of hydrogen-bond donors (Lipinski definition) is 1. The Labute approximate surface area is 172 Å². The average molecular weight is 420 g/mol. The van der Waals surface area contributed by atoms with Gasteiger partial charge in [0, 0.05) is 24.7 Å². The van der Waals surface area contributed by atoms with Crippen LogP contribution in [0.1, 0.15) is 11.6 Å². The molecule has 0 spiro atoms. The molecule has 0 radical (unpaired) electrons. The highest BCUT2D eigenvalue weighted by atomic mass is 35.5. The molecule has 9 heteroatoms. The minimum Gasteiger partial charge on any atom is -0.331 e. The molecule has 1 saturated heterocycles. The summed E-state index contributed by atoms with van der Waals surface area (Å²) in [6.45, 7) is 1.73. The van der Waals surface area contributed by atoms with Crippen LogP contribution in [0.25, 0.3) is 10.9 Å². The second-order valence-electron chi connectivity index (χ2n) is 6.43. The highest BCUT2D eigenvalue weighted by Crippen LogP contribution is 2.25. The van der Waals surface area contributed by atoms with Gasteiger partial charge in [-0.3, -0.25) is 9.59 Å². The lowest BCUT2D eigenvalue weighted by molar-refractivity contribution is -0.135. The van der Waals surface area contributed by atoms with Crippen LogP contribution in [0.3, 0.4) is 0 Å². The molecule has 0 saturated carbocycles. The maximum Gasteiger partial charge on any atom is 0.278 e. The van der Waals surface area contributed by atoms with Gasteiger partial charge in [0.1, 0.15) is 12.1 Å². The summed E-state index contributed by atoms with van der Waals surface area (Å²) in [5.41, 5.74) is 1.16. The molecular weight excluding hydrogens is 401 g/mol. The number of nitrogens with zero attached hydrogens (tertiary/aromatic N) is 4. The predicted octanol–water partition coefficient (Wildman–Crippen LogP) is 2.04. The first-order valence-corrected chi connectivity index (χ1v) is 9.09. The topological polar surface area (TPSA) is 80.1 Å². The lowest BCUT2D eigenvalue weighted by Crippen LogP contribution is -2.50. The van der Waals surface area contributed by atoms with Crippen molar-refractivity contribution in [2.75, 3.05) is 19.6 Å². The van der Waals surface area contributed by atoms with Crippen molar-refractivity contribution in [1.82, 2.24) is 25.2 Å². The van der Waals surface area contributed by atoms with E-state index in [-0.39, 0.29) is 36.5 Å². The fourth-order valence-electron chi connectivity index (χ4n) is 3.36. The molecule has 1 atom stereocenters. The number of piperazine rings is 1. The first-order valence-electron chi connectivity index (χ1n) is 8.72. The van der Waals surface area contributed by atoms with E-state index in [9.17, 15) is 9.59 Å². The summed E-state index contributed by atoms with van der Waals surface area (Å²) in [4.78, 5) is 27.3. The second-order valence-corrected chi connectivity index (χ2v) is 6.87. The Kier molecular flexibility index (Phi) is 6.28. The predicted molar refractivity (Wildman–Crippen MR) is 110 cm³/mol. The number of hydrogen-bond acceptors (Lipinski definition) is 5. The molecule has 1 unspecified atom stereocenters. The van der Waals surface area contributed by atoms with Crippen molar-refractivity contribution in [3.8, 4) is 0 Å². The number of carbonyl (C=O) groups is 1. The van der Waals surface area contributed by atoms with E-state index in [2.05, 4.69) is 15.6 Å². The van der Waals surface area contributed by atoms with Gasteiger partial charge in [0.15, 0.2) is 0 Å². The Hall–Kier alpha value is -2.48. The molecule has 1 fully saturated rings. The molecule has 28 heavy (non-hydrogen) atoms. The lowest BCUT2D eigenvalue weighted by Gasteiger charge is -2.36. The first kappa shape index (κ1) is 20.3. The molecule has 146 valence electrons. The standard InChI is InChI=1S/C19H18ClN5O2.ClH/c20-14-5-3-4-13(10-14)17-11-21-8-9-24(17)18(26)12-25-19(27)15-6-1-2-7-16(15)22-23-25;/h1-7,10,17,21H,8-9,11-12H2;1H. The zero-order valence-corrected chi connectivity index (χ0v) is 16.5. The fraction of sp³-hybridized carbons (Fsp3) is 0.263. The van der Waals surface area contributed by atoms with Crippen molar-refractivity contribution in [1.29, 1.82) is 0 Å². The van der Waals surface area contributed by atoms with Crippen LogP contribution in [-0.2, 0) is 11.3 Å². The molecular formula is C19H19Cl2N5O2. The Balaban J connectivity index is 0.00000225. The Morgan fingerprint density at radius 2 is 2.04 bits per heavy atom. The van der Waals surface area contributed by atoms with Gasteiger partial charge in [0.05, 0.1) is 11.4 Å². The van der Waals surface area contributed by atoms with Gasteiger partial charge in [0.25, 0.3) is 5.56 Å². The number of benzene rings is 2. The molecule has 2 aromatic carbocycles. The molecule has 1 aliphatic heterocycles. The number of amides is 1. The van der Waals surface area contributed by atoms with Crippen molar-refractivity contribution >= 4 is 40.8 Å². The third kappa shape index (κ3) is 4.01. The highest BCUT2D eigenvalue weighted by molar-refractivity contribution is 6.30. The molecule has 4 rings (SSSR count). The number of carbonyl (C=O) groups excluding carboxylic acids is 1. The van der Waals surface area contributed by atoms with Crippen LogP contribution in [0.4, 0.5) is 0 Å². The fourth-order valence-corrected chi connectivity index (χ4v) is 3.56. The summed E-state index contributed by atoms with van der Waals surface area (Å²) in [7, 11) is 0. The summed E-state index contributed by atoms with van der Waals surface area (Å²) < 4.78 is 1.13. The van der Waals surface area contributed by atoms with Crippen LogP contribution >= 0.6 is 24.0 Å². The Morgan fingerprint density at radius 3 is 2.86 bits per heavy atom. The van der Waals surface area contributed by atoms with Crippen LogP contribution in [0, 0.1) is 0 Å². The van der Waals surface area contributed by atoms with Crippen molar-refractivity contribution in [3.63, 3.8) is 0 Å². The largest absolute Gasteiger partial charge is 0.331 e. The van der Waals surface area contributed by atoms with E-state index in [1.807, 2.05) is 18.2 Å². The maximum atomic E-state index is 13.0. The van der Waals surface area contributed by atoms with E-state index in [1.165, 1.54) is 0 Å². The summed E-state index contributed by atoms with van der Waals surface area (Å²) in [6, 6.07) is 14.3.